The van der Waals surface area contributed by atoms with Crippen molar-refractivity contribution in [3.8, 4) is 28.7 Å². The molecule has 0 atom stereocenters. The Balaban J connectivity index is 2.12. The van der Waals surface area contributed by atoms with E-state index in [2.05, 4.69) is 15.1 Å². The second kappa shape index (κ2) is 6.73. The van der Waals surface area contributed by atoms with Crippen LogP contribution in [0.5, 0.6) is 11.5 Å². The second-order valence-corrected chi connectivity index (χ2v) is 6.95. The summed E-state index contributed by atoms with van der Waals surface area (Å²) >= 11 is 0. The summed E-state index contributed by atoms with van der Waals surface area (Å²) in [5.74, 6) is 2.64. The van der Waals surface area contributed by atoms with E-state index in [0.717, 1.165) is 0 Å². The first kappa shape index (κ1) is 17.8. The highest BCUT2D eigenvalue weighted by Gasteiger charge is 2.16. The van der Waals surface area contributed by atoms with Gasteiger partial charge in [-0.05, 0) is 31.2 Å². The maximum atomic E-state index is 11.4. The third-order valence-electron chi connectivity index (χ3n) is 3.59. The van der Waals surface area contributed by atoms with E-state index < -0.39 is 10.0 Å². The highest BCUT2D eigenvalue weighted by Crippen LogP contribution is 2.29. The van der Waals surface area contributed by atoms with Gasteiger partial charge in [0.05, 0.1) is 14.2 Å². The molecule has 0 aliphatic heterocycles. The lowest BCUT2D eigenvalue weighted by molar-refractivity contribution is 0.394. The summed E-state index contributed by atoms with van der Waals surface area (Å²) in [6.45, 7) is 1.75. The standard InChI is InChI=1S/C16H17N5O4S/c1-10-19-16(11-6-12(24-2)8-13(7-11)25-3)21(20-10)15-5-4-14(9-18-15)26(17,22)23/h4-9H,1-3H3,(H2,17,22,23). The van der Waals surface area contributed by atoms with Crippen molar-refractivity contribution in [2.24, 2.45) is 5.14 Å². The zero-order valence-electron chi connectivity index (χ0n) is 14.4. The summed E-state index contributed by atoms with van der Waals surface area (Å²) < 4.78 is 34.9. The summed E-state index contributed by atoms with van der Waals surface area (Å²) in [5.41, 5.74) is 0.708. The van der Waals surface area contributed by atoms with Crippen LogP contribution in [-0.2, 0) is 10.0 Å². The van der Waals surface area contributed by atoms with Crippen molar-refractivity contribution in [1.29, 1.82) is 0 Å². The van der Waals surface area contributed by atoms with Crippen LogP contribution in [0.4, 0.5) is 0 Å². The number of methoxy groups -OCH3 is 2. The molecule has 10 heteroatoms. The Hall–Kier alpha value is -2.98. The zero-order chi connectivity index (χ0) is 18.9. The molecular formula is C16H17N5O4S. The van der Waals surface area contributed by atoms with Gasteiger partial charge in [0.2, 0.25) is 10.0 Å². The topological polar surface area (TPSA) is 122 Å². The van der Waals surface area contributed by atoms with Gasteiger partial charge in [-0.2, -0.15) is 4.68 Å². The van der Waals surface area contributed by atoms with Crippen molar-refractivity contribution in [1.82, 2.24) is 19.7 Å². The summed E-state index contributed by atoms with van der Waals surface area (Å²) in [6.07, 6.45) is 1.18. The van der Waals surface area contributed by atoms with E-state index in [4.69, 9.17) is 14.6 Å². The van der Waals surface area contributed by atoms with E-state index in [1.54, 1.807) is 39.3 Å². The molecule has 9 nitrogen and oxygen atoms in total. The third kappa shape index (κ3) is 3.51. The van der Waals surface area contributed by atoms with Gasteiger partial charge in [0.25, 0.3) is 0 Å². The van der Waals surface area contributed by atoms with E-state index in [1.807, 2.05) is 0 Å². The number of benzene rings is 1. The lowest BCUT2D eigenvalue weighted by Gasteiger charge is -2.09. The molecule has 3 aromatic rings. The molecule has 0 spiro atoms. The fourth-order valence-corrected chi connectivity index (χ4v) is 2.82. The number of aromatic nitrogens is 4. The van der Waals surface area contributed by atoms with Crippen molar-refractivity contribution >= 4 is 10.0 Å². The van der Waals surface area contributed by atoms with E-state index in [-0.39, 0.29) is 4.90 Å². The van der Waals surface area contributed by atoms with Gasteiger partial charge in [-0.3, -0.25) is 0 Å². The molecule has 136 valence electrons. The van der Waals surface area contributed by atoms with Gasteiger partial charge < -0.3 is 9.47 Å². The molecule has 0 amide bonds. The number of primary sulfonamides is 1. The molecule has 0 radical (unpaired) electrons. The summed E-state index contributed by atoms with van der Waals surface area (Å²) in [4.78, 5) is 8.50. The second-order valence-electron chi connectivity index (χ2n) is 5.39. The Bertz CT molecular complexity index is 1020. The van der Waals surface area contributed by atoms with Crippen molar-refractivity contribution in [2.45, 2.75) is 11.8 Å². The van der Waals surface area contributed by atoms with E-state index >= 15 is 0 Å². The van der Waals surface area contributed by atoms with Crippen LogP contribution in [0.25, 0.3) is 17.2 Å². The van der Waals surface area contributed by atoms with Gasteiger partial charge in [-0.25, -0.2) is 23.5 Å². The molecule has 2 heterocycles. The van der Waals surface area contributed by atoms with Gasteiger partial charge >= 0.3 is 0 Å². The number of nitrogens with zero attached hydrogens (tertiary/aromatic N) is 4. The molecule has 1 aromatic carbocycles. The van der Waals surface area contributed by atoms with Crippen molar-refractivity contribution in [3.05, 3.63) is 42.4 Å². The fraction of sp³-hybridized carbons (Fsp3) is 0.188. The Morgan fingerprint density at radius 2 is 1.73 bits per heavy atom. The molecule has 0 fully saturated rings. The van der Waals surface area contributed by atoms with E-state index in [1.165, 1.54) is 23.0 Å². The summed E-state index contributed by atoms with van der Waals surface area (Å²) in [6, 6.07) is 8.21. The minimum Gasteiger partial charge on any atom is -0.497 e. The predicted molar refractivity (Wildman–Crippen MR) is 93.8 cm³/mol. The monoisotopic (exact) mass is 375 g/mol. The Labute approximate surface area is 150 Å². The van der Waals surface area contributed by atoms with Crippen LogP contribution < -0.4 is 14.6 Å². The molecule has 0 aliphatic rings. The molecule has 2 N–H and O–H groups in total. The molecule has 0 bridgehead atoms. The Kier molecular flexibility index (Phi) is 4.62. The highest BCUT2D eigenvalue weighted by atomic mass is 32.2. The maximum Gasteiger partial charge on any atom is 0.239 e. The van der Waals surface area contributed by atoms with Crippen molar-refractivity contribution in [2.75, 3.05) is 14.2 Å². The van der Waals surface area contributed by atoms with Crippen LogP contribution in [0.2, 0.25) is 0 Å². The van der Waals surface area contributed by atoms with E-state index in [0.29, 0.717) is 34.5 Å². The van der Waals surface area contributed by atoms with Crippen molar-refractivity contribution in [3.63, 3.8) is 0 Å². The number of pyridine rings is 1. The SMILES string of the molecule is COc1cc(OC)cc(-c2nc(C)nn2-c2ccc(S(N)(=O)=O)cn2)c1. The van der Waals surface area contributed by atoms with Crippen molar-refractivity contribution < 1.29 is 17.9 Å². The molecule has 26 heavy (non-hydrogen) atoms. The number of nitrogens with two attached hydrogens (primary N) is 1. The minimum absolute atomic E-state index is 0.0808. The van der Waals surface area contributed by atoms with Gasteiger partial charge in [0.1, 0.15) is 22.2 Å². The number of ether oxygens (including phenoxy) is 2. The normalized spacial score (nSPS) is 11.4. The lowest BCUT2D eigenvalue weighted by Crippen LogP contribution is -2.13. The van der Waals surface area contributed by atoms with Crippen LogP contribution in [0, 0.1) is 6.92 Å². The number of hydrogen-bond acceptors (Lipinski definition) is 7. The van der Waals surface area contributed by atoms with Crippen LogP contribution >= 0.6 is 0 Å². The average Bonchev–Trinajstić information content (AvgIpc) is 3.02. The lowest BCUT2D eigenvalue weighted by atomic mass is 10.2. The fourth-order valence-electron chi connectivity index (χ4n) is 2.36. The summed E-state index contributed by atoms with van der Waals surface area (Å²) in [5, 5.41) is 9.44. The molecule has 0 saturated carbocycles. The highest BCUT2D eigenvalue weighted by molar-refractivity contribution is 7.89. The van der Waals surface area contributed by atoms with Gasteiger partial charge in [0.15, 0.2) is 11.6 Å². The molecule has 2 aromatic heterocycles. The number of hydrogen-bond donors (Lipinski definition) is 1. The van der Waals surface area contributed by atoms with Gasteiger partial charge in [-0.1, -0.05) is 0 Å². The zero-order valence-corrected chi connectivity index (χ0v) is 15.2. The van der Waals surface area contributed by atoms with Crippen LogP contribution in [0.1, 0.15) is 5.82 Å². The van der Waals surface area contributed by atoms with Gasteiger partial charge in [0, 0.05) is 17.8 Å². The van der Waals surface area contributed by atoms with E-state index in [9.17, 15) is 8.42 Å². The summed E-state index contributed by atoms with van der Waals surface area (Å²) in [7, 11) is -0.703. The molecule has 0 saturated heterocycles. The molecule has 3 rings (SSSR count). The van der Waals surface area contributed by atoms with Crippen LogP contribution in [0.3, 0.4) is 0 Å². The largest absolute Gasteiger partial charge is 0.497 e. The Morgan fingerprint density at radius 1 is 1.08 bits per heavy atom. The van der Waals surface area contributed by atoms with Gasteiger partial charge in [-0.15, -0.1) is 5.10 Å². The smallest absolute Gasteiger partial charge is 0.239 e. The van der Waals surface area contributed by atoms with Crippen LogP contribution in [0.15, 0.2) is 41.4 Å². The minimum atomic E-state index is -3.82. The quantitative estimate of drug-likeness (QED) is 0.713. The molecule has 0 aliphatic carbocycles. The number of aryl methyl sites for hydroxylation is 1. The molecule has 0 unspecified atom stereocenters. The maximum absolute atomic E-state index is 11.4. The number of sulfonamides is 1. The first-order chi connectivity index (χ1) is 12.3. The first-order valence-corrected chi connectivity index (χ1v) is 9.03. The van der Waals surface area contributed by atoms with Crippen LogP contribution in [-0.4, -0.2) is 42.4 Å². The first-order valence-electron chi connectivity index (χ1n) is 7.48. The third-order valence-corrected chi connectivity index (χ3v) is 4.49. The average molecular weight is 375 g/mol. The predicted octanol–water partition coefficient (Wildman–Crippen LogP) is 1.30. The Morgan fingerprint density at radius 3 is 2.23 bits per heavy atom. The molecular weight excluding hydrogens is 358 g/mol. The number of rotatable bonds is 5.